The summed E-state index contributed by atoms with van der Waals surface area (Å²) >= 11 is 1.85. The van der Waals surface area contributed by atoms with E-state index >= 15 is 0 Å². The highest BCUT2D eigenvalue weighted by molar-refractivity contribution is 14.0. The Morgan fingerprint density at radius 1 is 1.29 bits per heavy atom. The second kappa shape index (κ2) is 14.7. The number of rotatable bonds is 12. The number of hydrogen-bond acceptors (Lipinski definition) is 6. The molecule has 0 spiro atoms. The second-order valence-corrected chi connectivity index (χ2v) is 7.06. The summed E-state index contributed by atoms with van der Waals surface area (Å²) < 4.78 is 12.8. The minimum absolute atomic E-state index is 0. The van der Waals surface area contributed by atoms with Gasteiger partial charge in [0, 0.05) is 26.7 Å². The van der Waals surface area contributed by atoms with Crippen LogP contribution in [0, 0.1) is 6.92 Å². The third kappa shape index (κ3) is 9.28. The molecule has 2 aromatic heterocycles. The van der Waals surface area contributed by atoms with Crippen molar-refractivity contribution in [1.82, 2.24) is 25.4 Å². The molecular weight excluding hydrogens is 491 g/mol. The third-order valence-electron chi connectivity index (χ3n) is 3.96. The number of halogens is 1. The highest BCUT2D eigenvalue weighted by atomic mass is 127. The first-order valence-corrected chi connectivity index (χ1v) is 10.6. The van der Waals surface area contributed by atoms with E-state index in [2.05, 4.69) is 32.1 Å². The van der Waals surface area contributed by atoms with Gasteiger partial charge in [0.15, 0.2) is 11.8 Å². The van der Waals surface area contributed by atoms with Crippen molar-refractivity contribution in [3.8, 4) is 0 Å². The largest absolute Gasteiger partial charge is 0.467 e. The molecule has 158 valence electrons. The second-order valence-electron chi connectivity index (χ2n) is 6.07. The van der Waals surface area contributed by atoms with Crippen LogP contribution in [0.3, 0.4) is 0 Å². The Labute approximate surface area is 188 Å². The molecule has 0 aliphatic rings. The minimum atomic E-state index is 0. The smallest absolute Gasteiger partial charge is 0.191 e. The van der Waals surface area contributed by atoms with Crippen molar-refractivity contribution >= 4 is 41.7 Å². The van der Waals surface area contributed by atoms with Crippen LogP contribution in [0.25, 0.3) is 0 Å². The topological polar surface area (TPSA) is 89.5 Å². The quantitative estimate of drug-likeness (QED) is 0.192. The van der Waals surface area contributed by atoms with E-state index in [1.54, 1.807) is 6.26 Å². The van der Waals surface area contributed by atoms with Crippen molar-refractivity contribution < 1.29 is 9.15 Å². The average Bonchev–Trinajstić information content (AvgIpc) is 3.30. The molecule has 0 aliphatic heterocycles. The Balaban J connectivity index is 0.00000392. The molecule has 0 radical (unpaired) electrons. The van der Waals surface area contributed by atoms with Crippen molar-refractivity contribution in [2.45, 2.75) is 32.9 Å². The van der Waals surface area contributed by atoms with E-state index in [0.29, 0.717) is 19.8 Å². The lowest BCUT2D eigenvalue weighted by Crippen LogP contribution is -2.39. The van der Waals surface area contributed by atoms with Gasteiger partial charge in [-0.25, -0.2) is 4.99 Å². The number of thioether (sulfide) groups is 1. The maximum atomic E-state index is 5.60. The molecular formula is C18H31IN6O2S. The van der Waals surface area contributed by atoms with Gasteiger partial charge in [-0.1, -0.05) is 0 Å². The number of hydrogen-bond donors (Lipinski definition) is 2. The van der Waals surface area contributed by atoms with E-state index in [0.717, 1.165) is 55.1 Å². The summed E-state index contributed by atoms with van der Waals surface area (Å²) in [6.07, 6.45) is 5.75. The molecule has 0 aromatic carbocycles. The normalized spacial score (nSPS) is 11.3. The number of ether oxygens (including phenoxy) is 1. The molecule has 0 saturated heterocycles. The highest BCUT2D eigenvalue weighted by Gasteiger charge is 2.05. The van der Waals surface area contributed by atoms with Crippen molar-refractivity contribution in [1.29, 1.82) is 0 Å². The van der Waals surface area contributed by atoms with Crippen LogP contribution in [0.1, 0.15) is 30.3 Å². The number of nitrogens with one attached hydrogen (secondary N) is 2. The molecule has 28 heavy (non-hydrogen) atoms. The van der Waals surface area contributed by atoms with E-state index in [1.807, 2.05) is 42.4 Å². The number of nitrogens with zero attached hydrogens (tertiary/aromatic N) is 4. The Hall–Kier alpha value is -1.27. The van der Waals surface area contributed by atoms with Crippen LogP contribution in [-0.4, -0.2) is 52.4 Å². The molecule has 2 heterocycles. The summed E-state index contributed by atoms with van der Waals surface area (Å²) in [6, 6.07) is 3.78. The summed E-state index contributed by atoms with van der Waals surface area (Å²) in [5.41, 5.74) is 0. The first kappa shape index (κ1) is 24.8. The summed E-state index contributed by atoms with van der Waals surface area (Å²) in [4.78, 5) is 4.63. The standard InChI is InChI=1S/C18H30N6O2S.HI/c1-15-22-23-17(24(15)2)13-21-18(20-9-6-12-27-3)19-8-5-10-25-14-16-7-4-11-26-16;/h4,7,11H,5-6,8-10,12-14H2,1-3H3,(H2,19,20,21);1H. The van der Waals surface area contributed by atoms with E-state index in [-0.39, 0.29) is 24.0 Å². The SMILES string of the molecule is CSCCCNC(=NCc1nnc(C)n1C)NCCCOCc1ccco1.I. The number of aromatic nitrogens is 3. The highest BCUT2D eigenvalue weighted by Crippen LogP contribution is 2.02. The third-order valence-corrected chi connectivity index (χ3v) is 4.66. The fourth-order valence-electron chi connectivity index (χ4n) is 2.28. The van der Waals surface area contributed by atoms with Crippen LogP contribution in [0.4, 0.5) is 0 Å². The number of aryl methyl sites for hydroxylation is 1. The lowest BCUT2D eigenvalue weighted by Gasteiger charge is -2.12. The summed E-state index contributed by atoms with van der Waals surface area (Å²) in [5, 5.41) is 15.0. The van der Waals surface area contributed by atoms with Gasteiger partial charge in [0.25, 0.3) is 0 Å². The first-order valence-electron chi connectivity index (χ1n) is 9.17. The zero-order valence-electron chi connectivity index (χ0n) is 16.8. The van der Waals surface area contributed by atoms with E-state index in [4.69, 9.17) is 9.15 Å². The molecule has 2 rings (SSSR count). The van der Waals surface area contributed by atoms with Gasteiger partial charge in [-0.05, 0) is 43.9 Å². The zero-order chi connectivity index (χ0) is 19.3. The van der Waals surface area contributed by atoms with Crippen molar-refractivity contribution in [3.05, 3.63) is 35.8 Å². The fraction of sp³-hybridized carbons (Fsp3) is 0.611. The van der Waals surface area contributed by atoms with Crippen molar-refractivity contribution in [2.24, 2.45) is 12.0 Å². The molecule has 0 unspecified atom stereocenters. The molecule has 0 bridgehead atoms. The molecule has 0 saturated carbocycles. The Morgan fingerprint density at radius 3 is 2.71 bits per heavy atom. The number of furan rings is 1. The van der Waals surface area contributed by atoms with Gasteiger partial charge in [-0.3, -0.25) is 0 Å². The van der Waals surface area contributed by atoms with Gasteiger partial charge in [0.05, 0.1) is 6.26 Å². The average molecular weight is 522 g/mol. The fourth-order valence-corrected chi connectivity index (χ4v) is 2.72. The van der Waals surface area contributed by atoms with Gasteiger partial charge >= 0.3 is 0 Å². The van der Waals surface area contributed by atoms with Crippen LogP contribution >= 0.6 is 35.7 Å². The van der Waals surface area contributed by atoms with Gasteiger partial charge in [0.1, 0.15) is 24.7 Å². The van der Waals surface area contributed by atoms with Gasteiger partial charge in [-0.2, -0.15) is 11.8 Å². The molecule has 2 N–H and O–H groups in total. The summed E-state index contributed by atoms with van der Waals surface area (Å²) in [5.74, 6) is 4.50. The monoisotopic (exact) mass is 522 g/mol. The molecule has 10 heteroatoms. The van der Waals surface area contributed by atoms with Crippen molar-refractivity contribution in [3.63, 3.8) is 0 Å². The maximum Gasteiger partial charge on any atom is 0.191 e. The number of guanidine groups is 1. The van der Waals surface area contributed by atoms with Gasteiger partial charge < -0.3 is 24.4 Å². The maximum absolute atomic E-state index is 5.60. The molecule has 0 atom stereocenters. The molecule has 0 fully saturated rings. The lowest BCUT2D eigenvalue weighted by atomic mass is 10.4. The molecule has 0 aliphatic carbocycles. The van der Waals surface area contributed by atoms with E-state index in [1.165, 1.54) is 0 Å². The van der Waals surface area contributed by atoms with Crippen molar-refractivity contribution in [2.75, 3.05) is 31.7 Å². The summed E-state index contributed by atoms with van der Waals surface area (Å²) in [7, 11) is 1.95. The lowest BCUT2D eigenvalue weighted by molar-refractivity contribution is 0.105. The van der Waals surface area contributed by atoms with Gasteiger partial charge in [-0.15, -0.1) is 34.2 Å². The Morgan fingerprint density at radius 2 is 2.07 bits per heavy atom. The van der Waals surface area contributed by atoms with E-state index < -0.39 is 0 Å². The molecule has 0 amide bonds. The van der Waals surface area contributed by atoms with Crippen LogP contribution < -0.4 is 10.6 Å². The molecule has 2 aromatic rings. The van der Waals surface area contributed by atoms with Crippen LogP contribution in [0.2, 0.25) is 0 Å². The molecule has 8 nitrogen and oxygen atoms in total. The predicted octanol–water partition coefficient (Wildman–Crippen LogP) is 2.73. The van der Waals surface area contributed by atoms with Crippen LogP contribution in [0.5, 0.6) is 0 Å². The first-order chi connectivity index (χ1) is 13.2. The Kier molecular flexibility index (Phi) is 13.0. The predicted molar refractivity (Wildman–Crippen MR) is 124 cm³/mol. The van der Waals surface area contributed by atoms with E-state index in [9.17, 15) is 0 Å². The number of aliphatic imine (C=N–C) groups is 1. The minimum Gasteiger partial charge on any atom is -0.467 e. The summed E-state index contributed by atoms with van der Waals surface area (Å²) in [6.45, 7) is 5.26. The van der Waals surface area contributed by atoms with Crippen LogP contribution in [0.15, 0.2) is 27.8 Å². The zero-order valence-corrected chi connectivity index (χ0v) is 20.0. The van der Waals surface area contributed by atoms with Crippen LogP contribution in [-0.2, 0) is 24.9 Å². The Bertz CT molecular complexity index is 678. The van der Waals surface area contributed by atoms with Gasteiger partial charge in [0.2, 0.25) is 0 Å².